The van der Waals surface area contributed by atoms with Gasteiger partial charge in [-0.05, 0) is 42.4 Å². The Morgan fingerprint density at radius 3 is 2.60 bits per heavy atom. The second-order valence-electron chi connectivity index (χ2n) is 6.97. The third-order valence-electron chi connectivity index (χ3n) is 4.90. The molecule has 0 spiro atoms. The number of benzene rings is 1. The van der Waals surface area contributed by atoms with E-state index >= 15 is 0 Å². The van der Waals surface area contributed by atoms with Crippen molar-refractivity contribution in [2.75, 3.05) is 20.6 Å². The van der Waals surface area contributed by atoms with Crippen molar-refractivity contribution in [3.05, 3.63) is 35.4 Å². The van der Waals surface area contributed by atoms with E-state index in [0.717, 1.165) is 29.9 Å². The molecule has 0 atom stereocenters. The maximum absolute atomic E-state index is 11.3. The van der Waals surface area contributed by atoms with E-state index in [9.17, 15) is 4.79 Å². The summed E-state index contributed by atoms with van der Waals surface area (Å²) in [5.74, 6) is 2.12. The van der Waals surface area contributed by atoms with Crippen LogP contribution in [0, 0.1) is 11.8 Å². The smallest absolute Gasteiger partial charge is 0.248 e. The second kappa shape index (κ2) is 10.6. The van der Waals surface area contributed by atoms with Crippen LogP contribution in [-0.4, -0.2) is 37.4 Å². The molecule has 0 aliphatic heterocycles. The van der Waals surface area contributed by atoms with Gasteiger partial charge in [0.15, 0.2) is 5.96 Å². The Morgan fingerprint density at radius 1 is 1.32 bits per heavy atom. The molecule has 0 heterocycles. The van der Waals surface area contributed by atoms with E-state index in [4.69, 9.17) is 5.73 Å². The molecule has 25 heavy (non-hydrogen) atoms. The monoisotopic (exact) mass is 458 g/mol. The summed E-state index contributed by atoms with van der Waals surface area (Å²) in [4.78, 5) is 17.9. The van der Waals surface area contributed by atoms with Crippen LogP contribution in [0.1, 0.15) is 48.5 Å². The predicted octanol–water partition coefficient (Wildman–Crippen LogP) is 3.24. The quantitative estimate of drug-likeness (QED) is 0.405. The first-order valence-electron chi connectivity index (χ1n) is 8.80. The van der Waals surface area contributed by atoms with E-state index < -0.39 is 5.91 Å². The van der Waals surface area contributed by atoms with Crippen molar-refractivity contribution in [2.24, 2.45) is 22.6 Å². The number of hydrogen-bond donors (Lipinski definition) is 2. The van der Waals surface area contributed by atoms with Gasteiger partial charge in [-0.2, -0.15) is 0 Å². The lowest BCUT2D eigenvalue weighted by Crippen LogP contribution is -2.41. The van der Waals surface area contributed by atoms with Crippen LogP contribution in [0.4, 0.5) is 0 Å². The lowest BCUT2D eigenvalue weighted by atomic mass is 9.83. The summed E-state index contributed by atoms with van der Waals surface area (Å²) in [5, 5.41) is 3.37. The molecule has 1 fully saturated rings. The van der Waals surface area contributed by atoms with Gasteiger partial charge < -0.3 is 16.0 Å². The van der Waals surface area contributed by atoms with Gasteiger partial charge in [0.2, 0.25) is 5.91 Å². The zero-order valence-corrected chi connectivity index (χ0v) is 17.8. The molecule has 1 aromatic carbocycles. The number of hydrogen-bond acceptors (Lipinski definition) is 2. The number of guanidine groups is 1. The summed E-state index contributed by atoms with van der Waals surface area (Å²) in [6, 6.07) is 7.39. The molecular formula is C19H31IN4O. The third kappa shape index (κ3) is 6.84. The molecule has 6 heteroatoms. The van der Waals surface area contributed by atoms with Gasteiger partial charge in [-0.25, -0.2) is 0 Å². The zero-order chi connectivity index (χ0) is 17.5. The Kier molecular flexibility index (Phi) is 9.24. The highest BCUT2D eigenvalue weighted by atomic mass is 127. The Morgan fingerprint density at radius 2 is 2.00 bits per heavy atom. The molecule has 0 aromatic heterocycles. The molecule has 0 saturated heterocycles. The van der Waals surface area contributed by atoms with Crippen molar-refractivity contribution in [3.63, 3.8) is 0 Å². The lowest BCUT2D eigenvalue weighted by Gasteiger charge is -2.31. The number of nitrogens with one attached hydrogen (secondary N) is 1. The SMILES string of the molecule is CN=C(NCc1cccc(C(N)=O)c1)N(C)CC1CCC(C)CC1.I. The van der Waals surface area contributed by atoms with E-state index in [-0.39, 0.29) is 24.0 Å². The van der Waals surface area contributed by atoms with Gasteiger partial charge in [-0.15, -0.1) is 24.0 Å². The van der Waals surface area contributed by atoms with Crippen molar-refractivity contribution in [3.8, 4) is 0 Å². The molecule has 1 aliphatic rings. The number of primary amides is 1. The Balaban J connectivity index is 0.00000312. The Bertz CT molecular complexity index is 583. The van der Waals surface area contributed by atoms with E-state index in [0.29, 0.717) is 12.1 Å². The largest absolute Gasteiger partial charge is 0.366 e. The Labute approximate surface area is 168 Å². The maximum Gasteiger partial charge on any atom is 0.248 e. The molecule has 0 unspecified atom stereocenters. The van der Waals surface area contributed by atoms with Crippen LogP contribution in [-0.2, 0) is 6.54 Å². The van der Waals surface area contributed by atoms with Gasteiger partial charge in [-0.1, -0.05) is 31.9 Å². The van der Waals surface area contributed by atoms with Crippen LogP contribution < -0.4 is 11.1 Å². The van der Waals surface area contributed by atoms with Gasteiger partial charge in [0, 0.05) is 32.7 Å². The minimum Gasteiger partial charge on any atom is -0.366 e. The summed E-state index contributed by atoms with van der Waals surface area (Å²) in [5.41, 5.74) is 6.89. The fourth-order valence-electron chi connectivity index (χ4n) is 3.39. The summed E-state index contributed by atoms with van der Waals surface area (Å²) < 4.78 is 0. The molecule has 0 radical (unpaired) electrons. The summed E-state index contributed by atoms with van der Waals surface area (Å²) in [6.45, 7) is 4.01. The minimum absolute atomic E-state index is 0. The zero-order valence-electron chi connectivity index (χ0n) is 15.5. The fraction of sp³-hybridized carbons (Fsp3) is 0.579. The van der Waals surface area contributed by atoms with Crippen molar-refractivity contribution < 1.29 is 4.79 Å². The van der Waals surface area contributed by atoms with Crippen LogP contribution in [0.3, 0.4) is 0 Å². The average molecular weight is 458 g/mol. The molecule has 1 aliphatic carbocycles. The standard InChI is InChI=1S/C19H30N4O.HI/c1-14-7-9-15(10-8-14)13-23(3)19(21-2)22-12-16-5-4-6-17(11-16)18(20)24;/h4-6,11,14-15H,7-10,12-13H2,1-3H3,(H2,20,24)(H,21,22);1H. The number of carbonyl (C=O) groups is 1. The van der Waals surface area contributed by atoms with Crippen LogP contribution in [0.2, 0.25) is 0 Å². The first kappa shape index (κ1) is 21.7. The number of nitrogens with two attached hydrogens (primary N) is 1. The highest BCUT2D eigenvalue weighted by Crippen LogP contribution is 2.28. The van der Waals surface area contributed by atoms with Gasteiger partial charge in [0.05, 0.1) is 0 Å². The molecule has 5 nitrogen and oxygen atoms in total. The third-order valence-corrected chi connectivity index (χ3v) is 4.90. The van der Waals surface area contributed by atoms with Crippen molar-refractivity contribution in [1.82, 2.24) is 10.2 Å². The fourth-order valence-corrected chi connectivity index (χ4v) is 3.39. The number of rotatable bonds is 5. The number of aliphatic imine (C=N–C) groups is 1. The number of amides is 1. The highest BCUT2D eigenvalue weighted by molar-refractivity contribution is 14.0. The molecule has 1 saturated carbocycles. The summed E-state index contributed by atoms with van der Waals surface area (Å²) in [7, 11) is 3.90. The molecule has 140 valence electrons. The maximum atomic E-state index is 11.3. The molecule has 3 N–H and O–H groups in total. The number of halogens is 1. The van der Waals surface area contributed by atoms with E-state index in [2.05, 4.69) is 29.2 Å². The summed E-state index contributed by atoms with van der Waals surface area (Å²) in [6.07, 6.45) is 5.29. The second-order valence-corrected chi connectivity index (χ2v) is 6.97. The van der Waals surface area contributed by atoms with E-state index in [1.165, 1.54) is 25.7 Å². The predicted molar refractivity (Wildman–Crippen MR) is 114 cm³/mol. The van der Waals surface area contributed by atoms with Crippen LogP contribution in [0.25, 0.3) is 0 Å². The van der Waals surface area contributed by atoms with Gasteiger partial charge >= 0.3 is 0 Å². The van der Waals surface area contributed by atoms with Crippen molar-refractivity contribution >= 4 is 35.8 Å². The first-order chi connectivity index (χ1) is 11.5. The molecule has 1 aromatic rings. The van der Waals surface area contributed by atoms with Gasteiger partial charge in [0.1, 0.15) is 0 Å². The molecule has 2 rings (SSSR count). The number of nitrogens with zero attached hydrogens (tertiary/aromatic N) is 2. The van der Waals surface area contributed by atoms with E-state index in [1.54, 1.807) is 6.07 Å². The average Bonchev–Trinajstić information content (AvgIpc) is 2.57. The molecular weight excluding hydrogens is 427 g/mol. The highest BCUT2D eigenvalue weighted by Gasteiger charge is 2.20. The van der Waals surface area contributed by atoms with Crippen molar-refractivity contribution in [2.45, 2.75) is 39.2 Å². The van der Waals surface area contributed by atoms with Crippen LogP contribution >= 0.6 is 24.0 Å². The lowest BCUT2D eigenvalue weighted by molar-refractivity contribution is 0.1000. The minimum atomic E-state index is -0.398. The van der Waals surface area contributed by atoms with E-state index in [1.807, 2.05) is 25.2 Å². The topological polar surface area (TPSA) is 70.7 Å². The first-order valence-corrected chi connectivity index (χ1v) is 8.80. The number of carbonyl (C=O) groups excluding carboxylic acids is 1. The van der Waals surface area contributed by atoms with Crippen LogP contribution in [0.15, 0.2) is 29.3 Å². The van der Waals surface area contributed by atoms with Gasteiger partial charge in [0.25, 0.3) is 0 Å². The summed E-state index contributed by atoms with van der Waals surface area (Å²) >= 11 is 0. The Hall–Kier alpha value is -1.31. The molecule has 1 amide bonds. The molecule has 0 bridgehead atoms. The van der Waals surface area contributed by atoms with Crippen molar-refractivity contribution in [1.29, 1.82) is 0 Å². The normalized spacial score (nSPS) is 20.5. The van der Waals surface area contributed by atoms with Gasteiger partial charge in [-0.3, -0.25) is 9.79 Å². The van der Waals surface area contributed by atoms with Crippen LogP contribution in [0.5, 0.6) is 0 Å².